The van der Waals surface area contributed by atoms with E-state index < -0.39 is 0 Å². The molecule has 0 aliphatic rings. The van der Waals surface area contributed by atoms with Gasteiger partial charge in [-0.2, -0.15) is 0 Å². The monoisotopic (exact) mass is 741 g/mol. The molecular formula is C51H51NO4. The molecule has 0 radical (unpaired) electrons. The summed E-state index contributed by atoms with van der Waals surface area (Å²) < 4.78 is 17.7. The highest BCUT2D eigenvalue weighted by atomic mass is 16.5. The molecule has 0 fully saturated rings. The summed E-state index contributed by atoms with van der Waals surface area (Å²) in [4.78, 5) is 14.0. The average Bonchev–Trinajstić information content (AvgIpc) is 3.74. The summed E-state index contributed by atoms with van der Waals surface area (Å²) in [6.45, 7) is 5.96. The van der Waals surface area contributed by atoms with E-state index in [2.05, 4.69) is 140 Å². The number of ether oxygens (including phenoxy) is 2. The van der Waals surface area contributed by atoms with Gasteiger partial charge in [-0.3, -0.25) is 4.79 Å². The third-order valence-corrected chi connectivity index (χ3v) is 10.3. The second-order valence-electron chi connectivity index (χ2n) is 14.4. The van der Waals surface area contributed by atoms with Gasteiger partial charge in [-0.15, -0.1) is 0 Å². The average molecular weight is 742 g/mol. The molecule has 5 heteroatoms. The molecule has 284 valence electrons. The van der Waals surface area contributed by atoms with Crippen molar-refractivity contribution in [2.24, 2.45) is 0 Å². The van der Waals surface area contributed by atoms with Gasteiger partial charge in [-0.05, 0) is 125 Å². The first-order valence-corrected chi connectivity index (χ1v) is 20.2. The van der Waals surface area contributed by atoms with E-state index in [-0.39, 0.29) is 0 Å². The highest BCUT2D eigenvalue weighted by Gasteiger charge is 2.15. The van der Waals surface area contributed by atoms with Gasteiger partial charge < -0.3 is 18.8 Å². The van der Waals surface area contributed by atoms with Crippen LogP contribution in [-0.2, 0) is 0 Å². The lowest BCUT2D eigenvalue weighted by Gasteiger charge is -2.26. The second kappa shape index (κ2) is 19.0. The normalized spacial score (nSPS) is 11.1. The predicted octanol–water partition coefficient (Wildman–Crippen LogP) is 14.6. The summed E-state index contributed by atoms with van der Waals surface area (Å²) in [5.41, 5.74) is 10.9. The van der Waals surface area contributed by atoms with E-state index >= 15 is 0 Å². The van der Waals surface area contributed by atoms with E-state index in [9.17, 15) is 4.79 Å². The van der Waals surface area contributed by atoms with Gasteiger partial charge in [-0.25, -0.2) is 0 Å². The fraction of sp³-hybridized carbons (Fsp3) is 0.235. The van der Waals surface area contributed by atoms with Crippen LogP contribution in [0.1, 0.15) is 75.6 Å². The minimum Gasteiger partial charge on any atom is -0.494 e. The van der Waals surface area contributed by atoms with Gasteiger partial charge in [0.2, 0.25) is 0 Å². The number of carbonyl (C=O) groups is 1. The summed E-state index contributed by atoms with van der Waals surface area (Å²) in [5, 5.41) is 0.976. The predicted molar refractivity (Wildman–Crippen MR) is 232 cm³/mol. The Labute approximate surface area is 331 Å². The molecule has 6 aromatic carbocycles. The highest BCUT2D eigenvalue weighted by Crippen LogP contribution is 2.39. The van der Waals surface area contributed by atoms with E-state index in [1.807, 2.05) is 12.1 Å². The maximum Gasteiger partial charge on any atom is 0.150 e. The van der Waals surface area contributed by atoms with Crippen LogP contribution < -0.4 is 14.4 Å². The minimum absolute atomic E-state index is 0.586. The van der Waals surface area contributed by atoms with E-state index in [4.69, 9.17) is 13.9 Å². The van der Waals surface area contributed by atoms with E-state index in [0.717, 1.165) is 99.7 Å². The molecule has 1 heterocycles. The standard InChI is InChI=1S/C51H51NO4/c1-3-5-7-9-32-54-47-27-17-41(18-28-47)39-11-21-44(22-12-39)52(46-25-15-43(16-26-46)50-35-38(37-53)36-51-49(50)31-34-56-51)45-23-13-40(14-24-45)42-19-29-48(30-20-42)55-33-10-8-6-4-2/h11-31,34-37H,3-10,32-33H2,1-2H3. The zero-order valence-corrected chi connectivity index (χ0v) is 32.6. The molecule has 1 aromatic heterocycles. The van der Waals surface area contributed by atoms with Gasteiger partial charge in [0.25, 0.3) is 0 Å². The van der Waals surface area contributed by atoms with Crippen LogP contribution in [0.3, 0.4) is 0 Å². The molecule has 0 N–H and O–H groups in total. The number of aldehydes is 1. The number of hydrogen-bond acceptors (Lipinski definition) is 5. The quantitative estimate of drug-likeness (QED) is 0.0610. The van der Waals surface area contributed by atoms with Crippen LogP contribution in [0.25, 0.3) is 44.3 Å². The lowest BCUT2D eigenvalue weighted by Crippen LogP contribution is -2.09. The number of fused-ring (bicyclic) bond motifs is 1. The maximum absolute atomic E-state index is 11.7. The van der Waals surface area contributed by atoms with Crippen molar-refractivity contribution in [3.8, 4) is 44.9 Å². The molecule has 0 aliphatic carbocycles. The first-order valence-electron chi connectivity index (χ1n) is 20.2. The summed E-state index contributed by atoms with van der Waals surface area (Å²) in [5.74, 6) is 1.82. The van der Waals surface area contributed by atoms with Gasteiger partial charge in [0.15, 0.2) is 0 Å². The molecule has 0 spiro atoms. The SMILES string of the molecule is CCCCCCOc1ccc(-c2ccc(N(c3ccc(-c4ccc(OCCCCCC)cc4)cc3)c3ccc(-c4cc(C=O)cc5occc45)cc3)cc2)cc1. The number of anilines is 3. The third kappa shape index (κ3) is 9.41. The van der Waals surface area contributed by atoms with Gasteiger partial charge in [-0.1, -0.05) is 113 Å². The van der Waals surface area contributed by atoms with Crippen molar-refractivity contribution in [3.05, 3.63) is 151 Å². The topological polar surface area (TPSA) is 51.9 Å². The summed E-state index contributed by atoms with van der Waals surface area (Å²) >= 11 is 0. The number of hydrogen-bond donors (Lipinski definition) is 0. The maximum atomic E-state index is 11.7. The Morgan fingerprint density at radius 2 is 0.929 bits per heavy atom. The van der Waals surface area contributed by atoms with Crippen LogP contribution >= 0.6 is 0 Å². The van der Waals surface area contributed by atoms with Gasteiger partial charge >= 0.3 is 0 Å². The summed E-state index contributed by atoms with van der Waals surface area (Å²) in [6.07, 6.45) is 12.1. The van der Waals surface area contributed by atoms with E-state index in [1.54, 1.807) is 12.3 Å². The van der Waals surface area contributed by atoms with Crippen LogP contribution in [0.4, 0.5) is 17.1 Å². The second-order valence-corrected chi connectivity index (χ2v) is 14.4. The van der Waals surface area contributed by atoms with Crippen LogP contribution in [0.15, 0.2) is 150 Å². The van der Waals surface area contributed by atoms with Crippen molar-refractivity contribution in [1.82, 2.24) is 0 Å². The number of benzene rings is 6. The molecule has 56 heavy (non-hydrogen) atoms. The highest BCUT2D eigenvalue weighted by molar-refractivity contribution is 5.98. The lowest BCUT2D eigenvalue weighted by molar-refractivity contribution is 0.112. The zero-order valence-electron chi connectivity index (χ0n) is 32.6. The third-order valence-electron chi connectivity index (χ3n) is 10.3. The van der Waals surface area contributed by atoms with Crippen LogP contribution in [0.2, 0.25) is 0 Å². The molecule has 0 bridgehead atoms. The molecule has 0 unspecified atom stereocenters. The Bertz CT molecular complexity index is 2170. The molecule has 7 rings (SSSR count). The number of furan rings is 1. The summed E-state index contributed by atoms with van der Waals surface area (Å²) in [7, 11) is 0. The number of nitrogens with zero attached hydrogens (tertiary/aromatic N) is 1. The van der Waals surface area contributed by atoms with E-state index in [0.29, 0.717) is 11.1 Å². The molecule has 0 saturated heterocycles. The molecule has 5 nitrogen and oxygen atoms in total. The Morgan fingerprint density at radius 3 is 1.36 bits per heavy atom. The van der Waals surface area contributed by atoms with Crippen molar-refractivity contribution in [2.75, 3.05) is 18.1 Å². The Balaban J connectivity index is 1.14. The van der Waals surface area contributed by atoms with Gasteiger partial charge in [0, 0.05) is 28.0 Å². The molecule has 0 atom stereocenters. The molecule has 0 saturated carbocycles. The van der Waals surface area contributed by atoms with Crippen molar-refractivity contribution in [3.63, 3.8) is 0 Å². The molecule has 0 amide bonds. The van der Waals surface area contributed by atoms with Crippen molar-refractivity contribution >= 4 is 34.3 Å². The molecular weight excluding hydrogens is 691 g/mol. The van der Waals surface area contributed by atoms with Crippen molar-refractivity contribution < 1.29 is 18.7 Å². The minimum atomic E-state index is 0.586. The van der Waals surface area contributed by atoms with Crippen LogP contribution in [0.5, 0.6) is 11.5 Å². The zero-order chi connectivity index (χ0) is 38.5. The Kier molecular flexibility index (Phi) is 13.0. The Morgan fingerprint density at radius 1 is 0.500 bits per heavy atom. The largest absolute Gasteiger partial charge is 0.494 e. The Hall–Kier alpha value is -6.07. The molecule has 0 aliphatic heterocycles. The first kappa shape index (κ1) is 38.2. The first-order chi connectivity index (χ1) is 27.6. The number of unbranched alkanes of at least 4 members (excludes halogenated alkanes) is 6. The van der Waals surface area contributed by atoms with Gasteiger partial charge in [0.05, 0.1) is 19.5 Å². The smallest absolute Gasteiger partial charge is 0.150 e. The van der Waals surface area contributed by atoms with Gasteiger partial charge in [0.1, 0.15) is 23.4 Å². The van der Waals surface area contributed by atoms with E-state index in [1.165, 1.54) is 38.5 Å². The fourth-order valence-corrected chi connectivity index (χ4v) is 7.17. The fourth-order valence-electron chi connectivity index (χ4n) is 7.17. The molecule has 7 aromatic rings. The number of rotatable bonds is 19. The number of carbonyl (C=O) groups excluding carboxylic acids is 1. The van der Waals surface area contributed by atoms with Crippen LogP contribution in [0, 0.1) is 0 Å². The summed E-state index contributed by atoms with van der Waals surface area (Å²) in [6, 6.07) is 48.4. The lowest BCUT2D eigenvalue weighted by atomic mass is 9.99. The van der Waals surface area contributed by atoms with Crippen molar-refractivity contribution in [2.45, 2.75) is 65.2 Å². The van der Waals surface area contributed by atoms with Crippen LogP contribution in [-0.4, -0.2) is 19.5 Å². The van der Waals surface area contributed by atoms with Crippen molar-refractivity contribution in [1.29, 1.82) is 0 Å².